The number of ether oxygens (including phenoxy) is 1. The van der Waals surface area contributed by atoms with Crippen LogP contribution in [-0.2, 0) is 22.6 Å². The van der Waals surface area contributed by atoms with Crippen LogP contribution < -0.4 is 14.5 Å². The SMILES string of the molecule is C=CC(=O)N1CCN(c2nc(OCCCN3CCN(C)CC3)nc3c2CCN(c2cc(O)cc4ccccc24)C3)CC1.CC=O. The summed E-state index contributed by atoms with van der Waals surface area (Å²) >= 11 is 0. The molecule has 1 amide bonds. The number of nitrogens with zero attached hydrogens (tertiary/aromatic N) is 7. The van der Waals surface area contributed by atoms with Gasteiger partial charge >= 0.3 is 6.01 Å². The number of anilines is 2. The average Bonchev–Trinajstić information content (AvgIpc) is 3.06. The van der Waals surface area contributed by atoms with Gasteiger partial charge < -0.3 is 39.1 Å². The standard InChI is InChI=1S/C32H41N7O3.C2H4O/c1-3-30(41)37-16-18-38(19-17-37)31-27-9-11-39(29-22-25(40)21-24-7-4-5-8-26(24)29)23-28(27)33-32(34-31)42-20-6-10-36-14-12-35(2)13-15-36;1-2-3/h3-5,7-8,21-22,40H,1,6,9-20,23H2,2H3;2H,1H3. The molecule has 2 saturated heterocycles. The predicted molar refractivity (Wildman–Crippen MR) is 177 cm³/mol. The summed E-state index contributed by atoms with van der Waals surface area (Å²) in [5.74, 6) is 1.15. The lowest BCUT2D eigenvalue weighted by molar-refractivity contribution is -0.126. The molecule has 1 N–H and O–H groups in total. The third-order valence-electron chi connectivity index (χ3n) is 8.70. The van der Waals surface area contributed by atoms with Crippen molar-refractivity contribution >= 4 is 34.5 Å². The number of aldehydes is 1. The fourth-order valence-electron chi connectivity index (χ4n) is 6.25. The molecule has 0 atom stereocenters. The van der Waals surface area contributed by atoms with Crippen molar-refractivity contribution in [1.82, 2.24) is 24.7 Å². The normalized spacial score (nSPS) is 17.3. The number of likely N-dealkylation sites (N-methyl/N-ethyl adjacent to an activating group) is 1. The van der Waals surface area contributed by atoms with Gasteiger partial charge in [-0.1, -0.05) is 30.8 Å². The Morgan fingerprint density at radius 1 is 1.00 bits per heavy atom. The van der Waals surface area contributed by atoms with Crippen LogP contribution in [0.4, 0.5) is 11.5 Å². The molecule has 0 bridgehead atoms. The maximum absolute atomic E-state index is 12.2. The molecule has 0 saturated carbocycles. The molecule has 3 aliphatic heterocycles. The van der Waals surface area contributed by atoms with Crippen molar-refractivity contribution in [2.24, 2.45) is 0 Å². The second-order valence-electron chi connectivity index (χ2n) is 11.7. The van der Waals surface area contributed by atoms with E-state index in [4.69, 9.17) is 19.5 Å². The van der Waals surface area contributed by atoms with Gasteiger partial charge in [-0.3, -0.25) is 4.79 Å². The van der Waals surface area contributed by atoms with E-state index in [2.05, 4.69) is 39.3 Å². The van der Waals surface area contributed by atoms with Crippen molar-refractivity contribution in [3.63, 3.8) is 0 Å². The van der Waals surface area contributed by atoms with Crippen LogP contribution >= 0.6 is 0 Å². The Morgan fingerprint density at radius 2 is 1.73 bits per heavy atom. The summed E-state index contributed by atoms with van der Waals surface area (Å²) in [6.07, 6.45) is 3.84. The maximum atomic E-state index is 12.2. The number of hydrogen-bond acceptors (Lipinski definition) is 10. The molecule has 11 heteroatoms. The summed E-state index contributed by atoms with van der Waals surface area (Å²) in [6, 6.07) is 12.2. The van der Waals surface area contributed by atoms with Crippen LogP contribution in [0.15, 0.2) is 49.1 Å². The molecule has 3 aromatic rings. The van der Waals surface area contributed by atoms with Crippen molar-refractivity contribution in [2.75, 3.05) is 88.9 Å². The minimum Gasteiger partial charge on any atom is -0.508 e. The second-order valence-corrected chi connectivity index (χ2v) is 11.7. The van der Waals surface area contributed by atoms with Crippen molar-refractivity contribution in [1.29, 1.82) is 0 Å². The van der Waals surface area contributed by atoms with Gasteiger partial charge in [0.05, 0.1) is 18.8 Å². The fraction of sp³-hybridized carbons (Fsp3) is 0.471. The highest BCUT2D eigenvalue weighted by molar-refractivity contribution is 5.95. The molecule has 4 heterocycles. The van der Waals surface area contributed by atoms with Crippen LogP contribution in [-0.4, -0.2) is 121 Å². The Labute approximate surface area is 265 Å². The topological polar surface area (TPSA) is 106 Å². The van der Waals surface area contributed by atoms with Gasteiger partial charge in [-0.25, -0.2) is 0 Å². The Morgan fingerprint density at radius 3 is 2.47 bits per heavy atom. The van der Waals surface area contributed by atoms with E-state index >= 15 is 0 Å². The van der Waals surface area contributed by atoms with Gasteiger partial charge in [0.1, 0.15) is 17.9 Å². The molecule has 0 unspecified atom stereocenters. The zero-order valence-electron chi connectivity index (χ0n) is 26.5. The average molecular weight is 616 g/mol. The monoisotopic (exact) mass is 615 g/mol. The van der Waals surface area contributed by atoms with Crippen molar-refractivity contribution in [2.45, 2.75) is 26.3 Å². The lowest BCUT2D eigenvalue weighted by Gasteiger charge is -2.38. The fourth-order valence-corrected chi connectivity index (χ4v) is 6.25. The van der Waals surface area contributed by atoms with Gasteiger partial charge in [0, 0.05) is 88.2 Å². The van der Waals surface area contributed by atoms with Gasteiger partial charge in [-0.05, 0) is 44.3 Å². The summed E-state index contributed by atoms with van der Waals surface area (Å²) in [6.45, 7) is 15.1. The van der Waals surface area contributed by atoms with Crippen LogP contribution in [0.3, 0.4) is 0 Å². The number of piperazine rings is 2. The molecular formula is C34H45N7O4. The maximum Gasteiger partial charge on any atom is 0.318 e. The van der Waals surface area contributed by atoms with E-state index in [0.29, 0.717) is 45.3 Å². The number of phenols is 1. The van der Waals surface area contributed by atoms with Crippen LogP contribution in [0.2, 0.25) is 0 Å². The van der Waals surface area contributed by atoms with E-state index in [1.54, 1.807) is 0 Å². The van der Waals surface area contributed by atoms with Crippen molar-refractivity contribution in [3.05, 3.63) is 60.3 Å². The number of rotatable bonds is 8. The molecule has 45 heavy (non-hydrogen) atoms. The predicted octanol–water partition coefficient (Wildman–Crippen LogP) is 2.95. The van der Waals surface area contributed by atoms with Gasteiger partial charge in [0.2, 0.25) is 5.91 Å². The molecule has 3 aliphatic rings. The van der Waals surface area contributed by atoms with Crippen LogP contribution in [0.1, 0.15) is 24.6 Å². The van der Waals surface area contributed by atoms with Crippen LogP contribution in [0, 0.1) is 0 Å². The molecule has 11 nitrogen and oxygen atoms in total. The Kier molecular flexibility index (Phi) is 10.9. The first-order chi connectivity index (χ1) is 21.9. The van der Waals surface area contributed by atoms with E-state index in [1.807, 2.05) is 35.2 Å². The number of amides is 1. The summed E-state index contributed by atoms with van der Waals surface area (Å²) < 4.78 is 6.20. The Hall–Kier alpha value is -4.22. The van der Waals surface area contributed by atoms with Crippen molar-refractivity contribution in [3.8, 4) is 11.8 Å². The first-order valence-electron chi connectivity index (χ1n) is 15.9. The number of phenolic OH excluding ortho intramolecular Hbond substituents is 1. The highest BCUT2D eigenvalue weighted by atomic mass is 16.5. The van der Waals surface area contributed by atoms with Gasteiger partial charge in [-0.15, -0.1) is 0 Å². The van der Waals surface area contributed by atoms with E-state index < -0.39 is 0 Å². The van der Waals surface area contributed by atoms with Crippen molar-refractivity contribution < 1.29 is 19.4 Å². The first kappa shape index (κ1) is 32.2. The lowest BCUT2D eigenvalue weighted by Crippen LogP contribution is -2.49. The molecule has 240 valence electrons. The van der Waals surface area contributed by atoms with Gasteiger partial charge in [-0.2, -0.15) is 9.97 Å². The Bertz CT molecular complexity index is 1480. The van der Waals surface area contributed by atoms with Crippen LogP contribution in [0.5, 0.6) is 11.8 Å². The minimum absolute atomic E-state index is 0.0299. The van der Waals surface area contributed by atoms with E-state index in [0.717, 1.165) is 91.9 Å². The zero-order chi connectivity index (χ0) is 31.8. The largest absolute Gasteiger partial charge is 0.508 e. The number of carbonyl (C=O) groups is 2. The second kappa shape index (κ2) is 15.2. The number of benzene rings is 2. The number of fused-ring (bicyclic) bond motifs is 2. The quantitative estimate of drug-likeness (QED) is 0.231. The van der Waals surface area contributed by atoms with Gasteiger partial charge in [0.15, 0.2) is 0 Å². The summed E-state index contributed by atoms with van der Waals surface area (Å²) in [5.41, 5.74) is 3.10. The third-order valence-corrected chi connectivity index (χ3v) is 8.70. The summed E-state index contributed by atoms with van der Waals surface area (Å²) in [7, 11) is 2.17. The molecule has 1 aromatic heterocycles. The first-order valence-corrected chi connectivity index (χ1v) is 15.9. The smallest absolute Gasteiger partial charge is 0.318 e. The number of aromatic nitrogens is 2. The molecular weight excluding hydrogens is 570 g/mol. The van der Waals surface area contributed by atoms with Gasteiger partial charge in [0.25, 0.3) is 0 Å². The van der Waals surface area contributed by atoms with E-state index in [-0.39, 0.29) is 11.7 Å². The number of hydrogen-bond donors (Lipinski definition) is 1. The summed E-state index contributed by atoms with van der Waals surface area (Å²) in [5, 5.41) is 12.6. The minimum atomic E-state index is -0.0299. The highest BCUT2D eigenvalue weighted by Crippen LogP contribution is 2.36. The van der Waals surface area contributed by atoms with E-state index in [9.17, 15) is 9.90 Å². The van der Waals surface area contributed by atoms with Crippen LogP contribution in [0.25, 0.3) is 10.8 Å². The zero-order valence-corrected chi connectivity index (χ0v) is 26.5. The highest BCUT2D eigenvalue weighted by Gasteiger charge is 2.29. The molecule has 0 aliphatic carbocycles. The third kappa shape index (κ3) is 7.90. The Balaban J connectivity index is 0.00000128. The number of aromatic hydroxyl groups is 1. The molecule has 0 radical (unpaired) electrons. The molecule has 6 rings (SSSR count). The molecule has 2 aromatic carbocycles. The van der Waals surface area contributed by atoms with E-state index in [1.165, 1.54) is 13.0 Å². The molecule has 2 fully saturated rings. The molecule has 0 spiro atoms. The lowest BCUT2D eigenvalue weighted by atomic mass is 10.0. The number of carbonyl (C=O) groups excluding carboxylic acids is 2. The summed E-state index contributed by atoms with van der Waals surface area (Å²) in [4.78, 5) is 42.1.